The lowest BCUT2D eigenvalue weighted by atomic mass is 9.91. The number of nitrogens with one attached hydrogen (secondary N) is 1. The van der Waals surface area contributed by atoms with E-state index in [1.165, 1.54) is 54.5 Å². The number of esters is 1. The van der Waals surface area contributed by atoms with E-state index in [2.05, 4.69) is 15.2 Å². The number of hydrogen-bond acceptors (Lipinski definition) is 6. The van der Waals surface area contributed by atoms with Crippen LogP contribution in [0.25, 0.3) is 0 Å². The molecule has 0 fully saturated rings. The summed E-state index contributed by atoms with van der Waals surface area (Å²) in [4.78, 5) is 24.2. The van der Waals surface area contributed by atoms with Crippen molar-refractivity contribution in [3.05, 3.63) is 71.9 Å². The van der Waals surface area contributed by atoms with Gasteiger partial charge < -0.3 is 19.2 Å². The molecule has 1 unspecified atom stereocenters. The lowest BCUT2D eigenvalue weighted by Gasteiger charge is -2.33. The van der Waals surface area contributed by atoms with Crippen molar-refractivity contribution in [2.45, 2.75) is 18.3 Å². The number of furan rings is 1. The number of halogens is 3. The average Bonchev–Trinajstić information content (AvgIpc) is 3.38. The van der Waals surface area contributed by atoms with Crippen LogP contribution in [0.2, 0.25) is 0 Å². The van der Waals surface area contributed by atoms with Crippen LogP contribution in [0.1, 0.15) is 21.9 Å². The molecule has 31 heavy (non-hydrogen) atoms. The molecule has 0 aliphatic rings. The molecule has 0 aliphatic heterocycles. The summed E-state index contributed by atoms with van der Waals surface area (Å²) in [6, 6.07) is 9.57. The van der Waals surface area contributed by atoms with Gasteiger partial charge in [0.25, 0.3) is 11.5 Å². The molecular weight excluding hydrogens is 419 g/mol. The van der Waals surface area contributed by atoms with Crippen LogP contribution in [-0.4, -0.2) is 42.1 Å². The second-order valence-corrected chi connectivity index (χ2v) is 6.39. The van der Waals surface area contributed by atoms with E-state index in [-0.39, 0.29) is 23.6 Å². The molecular formula is C20H18F3N3O5. The first-order chi connectivity index (χ1) is 14.7. The fourth-order valence-electron chi connectivity index (χ4n) is 2.99. The topological polar surface area (TPSA) is 95.6 Å². The molecule has 0 saturated carbocycles. The van der Waals surface area contributed by atoms with Crippen LogP contribution in [-0.2, 0) is 26.4 Å². The van der Waals surface area contributed by atoms with Gasteiger partial charge in [-0.15, -0.1) is 0 Å². The Morgan fingerprint density at radius 3 is 2.45 bits per heavy atom. The number of nitrogens with zero attached hydrogens (tertiary/aromatic N) is 2. The van der Waals surface area contributed by atoms with Crippen LogP contribution < -0.4 is 5.32 Å². The second-order valence-electron chi connectivity index (χ2n) is 6.39. The molecule has 0 saturated heterocycles. The highest BCUT2D eigenvalue weighted by Crippen LogP contribution is 2.42. The summed E-state index contributed by atoms with van der Waals surface area (Å²) < 4.78 is 57.8. The number of benzene rings is 1. The lowest BCUT2D eigenvalue weighted by molar-refractivity contribution is -0.263. The van der Waals surface area contributed by atoms with E-state index in [0.717, 1.165) is 19.2 Å². The second kappa shape index (κ2) is 8.64. The van der Waals surface area contributed by atoms with Gasteiger partial charge in [-0.2, -0.15) is 18.3 Å². The van der Waals surface area contributed by atoms with Crippen LogP contribution in [0.4, 0.5) is 18.9 Å². The molecule has 2 heterocycles. The minimum Gasteiger partial charge on any atom is -0.463 e. The largest absolute Gasteiger partial charge is 0.463 e. The highest BCUT2D eigenvalue weighted by atomic mass is 19.4. The van der Waals surface area contributed by atoms with E-state index >= 15 is 0 Å². The number of rotatable bonds is 7. The van der Waals surface area contributed by atoms with Crippen LogP contribution in [0.15, 0.2) is 59.3 Å². The maximum Gasteiger partial charge on any atom is 0.430 e. The lowest BCUT2D eigenvalue weighted by Crippen LogP contribution is -2.53. The Morgan fingerprint density at radius 1 is 1.13 bits per heavy atom. The number of aromatic nitrogens is 2. The van der Waals surface area contributed by atoms with E-state index < -0.39 is 23.7 Å². The molecule has 0 spiro atoms. The Kier molecular flexibility index (Phi) is 6.16. The molecule has 8 nitrogen and oxygen atoms in total. The third-order valence-corrected chi connectivity index (χ3v) is 4.46. The number of carbonyl (C=O) groups excluding carboxylic acids is 2. The van der Waals surface area contributed by atoms with Crippen molar-refractivity contribution >= 4 is 17.6 Å². The van der Waals surface area contributed by atoms with Crippen molar-refractivity contribution in [3.8, 4) is 0 Å². The Balaban J connectivity index is 1.80. The van der Waals surface area contributed by atoms with Gasteiger partial charge in [0.2, 0.25) is 5.76 Å². The van der Waals surface area contributed by atoms with Gasteiger partial charge in [0.15, 0.2) is 0 Å². The Bertz CT molecular complexity index is 1060. The summed E-state index contributed by atoms with van der Waals surface area (Å²) in [6.45, 7) is 0.0697. The number of alkyl halides is 3. The molecule has 2 aromatic heterocycles. The summed E-state index contributed by atoms with van der Waals surface area (Å²) >= 11 is 0. The molecule has 0 bridgehead atoms. The van der Waals surface area contributed by atoms with E-state index in [0.29, 0.717) is 5.76 Å². The van der Waals surface area contributed by atoms with Gasteiger partial charge in [-0.25, -0.2) is 4.79 Å². The molecule has 1 atom stereocenters. The van der Waals surface area contributed by atoms with Crippen molar-refractivity contribution in [2.75, 3.05) is 19.5 Å². The predicted octanol–water partition coefficient (Wildman–Crippen LogP) is 3.35. The van der Waals surface area contributed by atoms with E-state index in [1.807, 2.05) is 0 Å². The smallest absolute Gasteiger partial charge is 0.430 e. The van der Waals surface area contributed by atoms with E-state index in [4.69, 9.17) is 9.15 Å². The Hall–Kier alpha value is -3.60. The monoisotopic (exact) mass is 437 g/mol. The minimum absolute atomic E-state index is 0.00361. The first-order valence-electron chi connectivity index (χ1n) is 8.89. The number of methoxy groups -OCH3 is 2. The summed E-state index contributed by atoms with van der Waals surface area (Å²) in [7, 11) is 2.03. The van der Waals surface area contributed by atoms with Gasteiger partial charge in [-0.1, -0.05) is 30.3 Å². The van der Waals surface area contributed by atoms with E-state index in [1.54, 1.807) is 0 Å². The zero-order valence-corrected chi connectivity index (χ0v) is 16.5. The molecule has 0 radical (unpaired) electrons. The average molecular weight is 437 g/mol. The standard InChI is InChI=1S/C20H18F3N3O5/c1-29-17(27)16-9-8-15(31-16)12-26-11-14(10-24-26)25-18(28)19(30-2,20(21,22)23)13-6-4-3-5-7-13/h3-11H,12H2,1-2H3,(H,25,28). The van der Waals surface area contributed by atoms with Crippen molar-refractivity contribution in [2.24, 2.45) is 0 Å². The van der Waals surface area contributed by atoms with Gasteiger partial charge >= 0.3 is 12.1 Å². The molecule has 1 amide bonds. The Labute approximate surface area is 174 Å². The summed E-state index contributed by atoms with van der Waals surface area (Å²) in [5.74, 6) is -1.72. The number of hydrogen-bond donors (Lipinski definition) is 1. The third kappa shape index (κ3) is 4.31. The molecule has 0 aliphatic carbocycles. The Morgan fingerprint density at radius 2 is 1.84 bits per heavy atom. The van der Waals surface area contributed by atoms with Gasteiger partial charge in [0.05, 0.1) is 25.5 Å². The summed E-state index contributed by atoms with van der Waals surface area (Å²) in [5.41, 5.74) is -3.54. The van der Waals surface area contributed by atoms with Crippen molar-refractivity contribution in [1.82, 2.24) is 9.78 Å². The SMILES string of the molecule is COC(=O)c1ccc(Cn2cc(NC(=O)C(OC)(c3ccccc3)C(F)(F)F)cn2)o1. The van der Waals surface area contributed by atoms with Gasteiger partial charge in [0, 0.05) is 18.9 Å². The van der Waals surface area contributed by atoms with Crippen LogP contribution in [0, 0.1) is 0 Å². The highest BCUT2D eigenvalue weighted by molar-refractivity contribution is 5.98. The van der Waals surface area contributed by atoms with Crippen molar-refractivity contribution < 1.29 is 36.7 Å². The number of ether oxygens (including phenoxy) is 2. The maximum absolute atomic E-state index is 13.9. The first kappa shape index (κ1) is 22.1. The third-order valence-electron chi connectivity index (χ3n) is 4.46. The summed E-state index contributed by atoms with van der Waals surface area (Å²) in [5, 5.41) is 6.19. The maximum atomic E-state index is 13.9. The zero-order chi connectivity index (χ0) is 22.6. The number of amides is 1. The fourth-order valence-corrected chi connectivity index (χ4v) is 2.99. The fraction of sp³-hybridized carbons (Fsp3) is 0.250. The molecule has 3 aromatic rings. The minimum atomic E-state index is -5.03. The summed E-state index contributed by atoms with van der Waals surface area (Å²) in [6.07, 6.45) is -2.52. The molecule has 1 N–H and O–H groups in total. The van der Waals surface area contributed by atoms with Gasteiger partial charge in [-0.05, 0) is 12.1 Å². The molecule has 11 heteroatoms. The zero-order valence-electron chi connectivity index (χ0n) is 16.5. The van der Waals surface area contributed by atoms with Crippen molar-refractivity contribution in [1.29, 1.82) is 0 Å². The van der Waals surface area contributed by atoms with Crippen LogP contribution in [0.5, 0.6) is 0 Å². The molecule has 1 aromatic carbocycles. The first-order valence-corrected chi connectivity index (χ1v) is 8.89. The van der Waals surface area contributed by atoms with Gasteiger partial charge in [0.1, 0.15) is 5.76 Å². The van der Waals surface area contributed by atoms with Crippen molar-refractivity contribution in [3.63, 3.8) is 0 Å². The molecule has 164 valence electrons. The van der Waals surface area contributed by atoms with Gasteiger partial charge in [-0.3, -0.25) is 9.48 Å². The normalized spacial score (nSPS) is 13.5. The predicted molar refractivity (Wildman–Crippen MR) is 101 cm³/mol. The highest BCUT2D eigenvalue weighted by Gasteiger charge is 2.62. The number of carbonyl (C=O) groups is 2. The van der Waals surface area contributed by atoms with E-state index in [9.17, 15) is 22.8 Å². The number of anilines is 1. The van der Waals surface area contributed by atoms with Crippen LogP contribution in [0.3, 0.4) is 0 Å². The van der Waals surface area contributed by atoms with Crippen LogP contribution >= 0.6 is 0 Å². The quantitative estimate of drug-likeness (QED) is 0.570. The molecule has 3 rings (SSSR count).